The highest BCUT2D eigenvalue weighted by atomic mass is 35.5. The van der Waals surface area contributed by atoms with E-state index in [1.807, 2.05) is 6.20 Å². The van der Waals surface area contributed by atoms with E-state index in [-0.39, 0.29) is 0 Å². The number of benzene rings is 5. The van der Waals surface area contributed by atoms with Crippen LogP contribution in [0.1, 0.15) is 35.4 Å². The first-order valence-electron chi connectivity index (χ1n) is 11.9. The van der Waals surface area contributed by atoms with Crippen molar-refractivity contribution in [3.05, 3.63) is 113 Å². The van der Waals surface area contributed by atoms with Crippen molar-refractivity contribution < 1.29 is 0 Å². The number of hydrogen-bond donors (Lipinski definition) is 1. The van der Waals surface area contributed by atoms with Crippen LogP contribution in [0.3, 0.4) is 0 Å². The van der Waals surface area contributed by atoms with Gasteiger partial charge in [-0.25, -0.2) is 4.98 Å². The van der Waals surface area contributed by atoms with E-state index in [1.165, 1.54) is 49.2 Å². The lowest BCUT2D eigenvalue weighted by atomic mass is 9.75. The topological polar surface area (TPSA) is 28.7 Å². The molecule has 0 fully saturated rings. The van der Waals surface area contributed by atoms with Crippen molar-refractivity contribution in [1.29, 1.82) is 0 Å². The molecular weight excluding hydrogens is 436 g/mol. The Balaban J connectivity index is 1.50. The summed E-state index contributed by atoms with van der Waals surface area (Å²) >= 11 is 6.78. The van der Waals surface area contributed by atoms with Crippen LogP contribution in [0.25, 0.3) is 43.6 Å². The Morgan fingerprint density at radius 2 is 1.53 bits per heavy atom. The molecule has 0 saturated carbocycles. The maximum absolute atomic E-state index is 6.78. The predicted molar refractivity (Wildman–Crippen MR) is 143 cm³/mol. The number of rotatable bonds is 2. The Morgan fingerprint density at radius 1 is 0.765 bits per heavy atom. The van der Waals surface area contributed by atoms with Gasteiger partial charge in [-0.15, -0.1) is 0 Å². The first-order chi connectivity index (χ1) is 16.8. The summed E-state index contributed by atoms with van der Waals surface area (Å²) in [5, 5.41) is 8.29. The van der Waals surface area contributed by atoms with Crippen molar-refractivity contribution in [2.45, 2.75) is 25.2 Å². The standard InChI is InChI=1S/C31H23ClN2/c32-29-16-28-23-11-5-10-22(24(23)14-15-25(28)21-8-3-4-9-26(21)29)27-13-12-19-6-1-2-7-20(19)31(27)30-17-33-18-34-30/h1-4,6-9,12-18,22H,5,10-11H2,(H,33,34). The molecule has 5 aromatic carbocycles. The molecule has 0 bridgehead atoms. The zero-order chi connectivity index (χ0) is 22.6. The van der Waals surface area contributed by atoms with Crippen molar-refractivity contribution in [2.24, 2.45) is 0 Å². The van der Waals surface area contributed by atoms with Gasteiger partial charge in [-0.3, -0.25) is 0 Å². The monoisotopic (exact) mass is 458 g/mol. The maximum atomic E-state index is 6.78. The summed E-state index contributed by atoms with van der Waals surface area (Å²) in [4.78, 5) is 7.83. The SMILES string of the molecule is Clc1cc2c3c(ccc2c2ccccc12)C(c1ccc2ccccc2c1-c1c[nH]cn1)CCC3. The fraction of sp³-hybridized carbons (Fsp3) is 0.129. The lowest BCUT2D eigenvalue weighted by Gasteiger charge is -2.29. The van der Waals surface area contributed by atoms with Gasteiger partial charge >= 0.3 is 0 Å². The van der Waals surface area contributed by atoms with Crippen LogP contribution in [-0.4, -0.2) is 9.97 Å². The molecule has 6 aromatic rings. The van der Waals surface area contributed by atoms with Gasteiger partial charge in [0, 0.05) is 28.1 Å². The van der Waals surface area contributed by atoms with Gasteiger partial charge in [0.2, 0.25) is 0 Å². The second-order valence-electron chi connectivity index (χ2n) is 9.28. The molecule has 0 spiro atoms. The molecule has 0 amide bonds. The quantitative estimate of drug-likeness (QED) is 0.258. The van der Waals surface area contributed by atoms with Gasteiger partial charge in [0.15, 0.2) is 0 Å². The van der Waals surface area contributed by atoms with Gasteiger partial charge in [-0.05, 0) is 69.0 Å². The minimum absolute atomic E-state index is 0.328. The molecule has 7 rings (SSSR count). The third-order valence-electron chi connectivity index (χ3n) is 7.52. The van der Waals surface area contributed by atoms with Crippen LogP contribution in [0.5, 0.6) is 0 Å². The Hall–Kier alpha value is -3.62. The number of imidazole rings is 1. The van der Waals surface area contributed by atoms with Crippen molar-refractivity contribution in [2.75, 3.05) is 0 Å². The number of H-pyrrole nitrogens is 1. The molecular formula is C31H23ClN2. The van der Waals surface area contributed by atoms with Crippen LogP contribution >= 0.6 is 11.6 Å². The zero-order valence-corrected chi connectivity index (χ0v) is 19.4. The summed E-state index contributed by atoms with van der Waals surface area (Å²) in [6, 6.07) is 28.6. The Labute approximate surface area is 203 Å². The average Bonchev–Trinajstić information content (AvgIpc) is 3.42. The molecule has 1 aliphatic rings. The summed E-state index contributed by atoms with van der Waals surface area (Å²) in [6.45, 7) is 0. The molecule has 0 radical (unpaired) electrons. The van der Waals surface area contributed by atoms with Gasteiger partial charge in [-0.2, -0.15) is 0 Å². The van der Waals surface area contributed by atoms with E-state index in [0.29, 0.717) is 5.92 Å². The second-order valence-corrected chi connectivity index (χ2v) is 9.69. The Kier molecular flexibility index (Phi) is 4.50. The van der Waals surface area contributed by atoms with Gasteiger partial charge in [-0.1, -0.05) is 84.4 Å². The van der Waals surface area contributed by atoms with Crippen molar-refractivity contribution in [1.82, 2.24) is 9.97 Å². The molecule has 0 aliphatic heterocycles. The normalized spacial score (nSPS) is 15.7. The van der Waals surface area contributed by atoms with Crippen molar-refractivity contribution in [3.63, 3.8) is 0 Å². The fourth-order valence-electron chi connectivity index (χ4n) is 6.04. The number of halogens is 1. The summed E-state index contributed by atoms with van der Waals surface area (Å²) < 4.78 is 0. The minimum Gasteiger partial charge on any atom is -0.351 e. The number of aromatic amines is 1. The summed E-state index contributed by atoms with van der Waals surface area (Å²) in [6.07, 6.45) is 7.17. The summed E-state index contributed by atoms with van der Waals surface area (Å²) in [5.74, 6) is 0.328. The molecule has 0 saturated heterocycles. The number of hydrogen-bond acceptors (Lipinski definition) is 1. The van der Waals surface area contributed by atoms with E-state index in [1.54, 1.807) is 6.33 Å². The van der Waals surface area contributed by atoms with E-state index >= 15 is 0 Å². The fourth-order valence-corrected chi connectivity index (χ4v) is 6.31. The first kappa shape index (κ1) is 19.8. The molecule has 1 atom stereocenters. The van der Waals surface area contributed by atoms with Gasteiger partial charge in [0.1, 0.15) is 0 Å². The third-order valence-corrected chi connectivity index (χ3v) is 7.84. The lowest BCUT2D eigenvalue weighted by molar-refractivity contribution is 0.620. The molecule has 3 heteroatoms. The molecule has 1 aromatic heterocycles. The van der Waals surface area contributed by atoms with Crippen LogP contribution in [0, 0.1) is 0 Å². The molecule has 1 heterocycles. The van der Waals surface area contributed by atoms with Crippen molar-refractivity contribution in [3.8, 4) is 11.3 Å². The predicted octanol–water partition coefficient (Wildman–Crippen LogP) is 8.66. The highest BCUT2D eigenvalue weighted by Gasteiger charge is 2.27. The van der Waals surface area contributed by atoms with Crippen LogP contribution in [-0.2, 0) is 6.42 Å². The number of fused-ring (bicyclic) bond motifs is 6. The second kappa shape index (κ2) is 7.72. The van der Waals surface area contributed by atoms with E-state index in [4.69, 9.17) is 11.6 Å². The van der Waals surface area contributed by atoms with Gasteiger partial charge in [0.25, 0.3) is 0 Å². The minimum atomic E-state index is 0.328. The van der Waals surface area contributed by atoms with Gasteiger partial charge in [0.05, 0.1) is 12.0 Å². The van der Waals surface area contributed by atoms with Crippen LogP contribution in [0.15, 0.2) is 91.4 Å². The molecule has 1 aliphatic carbocycles. The molecule has 1 unspecified atom stereocenters. The maximum Gasteiger partial charge on any atom is 0.0927 e. The molecule has 2 nitrogen and oxygen atoms in total. The smallest absolute Gasteiger partial charge is 0.0927 e. The average molecular weight is 459 g/mol. The first-order valence-corrected chi connectivity index (χ1v) is 12.3. The highest BCUT2D eigenvalue weighted by molar-refractivity contribution is 6.37. The molecule has 164 valence electrons. The van der Waals surface area contributed by atoms with Crippen LogP contribution < -0.4 is 0 Å². The molecule has 34 heavy (non-hydrogen) atoms. The summed E-state index contributed by atoms with van der Waals surface area (Å²) in [7, 11) is 0. The summed E-state index contributed by atoms with van der Waals surface area (Å²) in [5.41, 5.74) is 6.49. The van der Waals surface area contributed by atoms with Gasteiger partial charge < -0.3 is 4.98 Å². The number of aromatic nitrogens is 2. The van der Waals surface area contributed by atoms with Crippen LogP contribution in [0.4, 0.5) is 0 Å². The number of nitrogens with zero attached hydrogens (tertiary/aromatic N) is 1. The molecule has 1 N–H and O–H groups in total. The third kappa shape index (κ3) is 2.92. The highest BCUT2D eigenvalue weighted by Crippen LogP contribution is 2.46. The van der Waals surface area contributed by atoms with E-state index in [2.05, 4.69) is 88.8 Å². The zero-order valence-electron chi connectivity index (χ0n) is 18.7. The Morgan fingerprint density at radius 3 is 2.38 bits per heavy atom. The van der Waals surface area contributed by atoms with Crippen molar-refractivity contribution >= 4 is 43.9 Å². The van der Waals surface area contributed by atoms with Crippen LogP contribution in [0.2, 0.25) is 5.02 Å². The van der Waals surface area contributed by atoms with E-state index < -0.39 is 0 Å². The largest absolute Gasteiger partial charge is 0.351 e. The number of aryl methyl sites for hydroxylation is 1. The lowest BCUT2D eigenvalue weighted by Crippen LogP contribution is -2.13. The van der Waals surface area contributed by atoms with E-state index in [0.717, 1.165) is 35.4 Å². The van der Waals surface area contributed by atoms with E-state index in [9.17, 15) is 0 Å². The Bertz CT molecular complexity index is 1700. The number of nitrogens with one attached hydrogen (secondary N) is 1.